The highest BCUT2D eigenvalue weighted by molar-refractivity contribution is 6.35. The number of para-hydroxylation sites is 2. The fourth-order valence-corrected chi connectivity index (χ4v) is 3.07. The first kappa shape index (κ1) is 19.9. The van der Waals surface area contributed by atoms with Crippen molar-refractivity contribution in [3.05, 3.63) is 70.0 Å². The molecular weight excluding hydrogens is 403 g/mol. The third-order valence-corrected chi connectivity index (χ3v) is 4.39. The first-order valence-electron chi connectivity index (χ1n) is 8.37. The van der Waals surface area contributed by atoms with Crippen LogP contribution in [0.15, 0.2) is 53.0 Å². The van der Waals surface area contributed by atoms with Crippen molar-refractivity contribution in [1.29, 1.82) is 0 Å². The molecule has 144 valence electrons. The third kappa shape index (κ3) is 5.12. The lowest BCUT2D eigenvalue weighted by Gasteiger charge is -2.15. The molecule has 0 bridgehead atoms. The Kier molecular flexibility index (Phi) is 6.34. The molecule has 0 aliphatic rings. The number of hydrogen-bond acceptors (Lipinski definition) is 5. The summed E-state index contributed by atoms with van der Waals surface area (Å²) in [4.78, 5) is 28.0. The quantitative estimate of drug-likeness (QED) is 0.468. The minimum Gasteiger partial charge on any atom is -0.452 e. The van der Waals surface area contributed by atoms with Crippen LogP contribution >= 0.6 is 23.2 Å². The van der Waals surface area contributed by atoms with E-state index in [0.29, 0.717) is 26.7 Å². The van der Waals surface area contributed by atoms with Gasteiger partial charge in [0.05, 0.1) is 6.04 Å². The minimum atomic E-state index is -0.686. The van der Waals surface area contributed by atoms with Crippen LogP contribution < -0.4 is 5.32 Å². The molecule has 0 saturated heterocycles. The lowest BCUT2D eigenvalue weighted by molar-refractivity contribution is -0.144. The van der Waals surface area contributed by atoms with E-state index in [0.717, 1.165) is 6.08 Å². The van der Waals surface area contributed by atoms with Crippen molar-refractivity contribution in [1.82, 2.24) is 10.3 Å². The largest absolute Gasteiger partial charge is 0.452 e. The molecule has 0 aliphatic heterocycles. The van der Waals surface area contributed by atoms with Crippen molar-refractivity contribution in [3.8, 4) is 0 Å². The lowest BCUT2D eigenvalue weighted by atomic mass is 10.1. The minimum absolute atomic E-state index is 0.272. The van der Waals surface area contributed by atoms with Crippen molar-refractivity contribution in [2.75, 3.05) is 6.61 Å². The number of fused-ring (bicyclic) bond motifs is 1. The fraction of sp³-hybridized carbons (Fsp3) is 0.150. The molecule has 3 aromatic rings. The van der Waals surface area contributed by atoms with Gasteiger partial charge in [-0.2, -0.15) is 0 Å². The molecule has 2 aromatic carbocycles. The number of carbonyl (C=O) groups excluding carboxylic acids is 2. The van der Waals surface area contributed by atoms with Gasteiger partial charge in [-0.1, -0.05) is 41.4 Å². The number of aromatic nitrogens is 1. The Morgan fingerprint density at radius 1 is 1.25 bits per heavy atom. The summed E-state index contributed by atoms with van der Waals surface area (Å²) in [6.07, 6.45) is 2.54. The predicted molar refractivity (Wildman–Crippen MR) is 107 cm³/mol. The molecule has 1 N–H and O–H groups in total. The van der Waals surface area contributed by atoms with E-state index in [4.69, 9.17) is 32.4 Å². The molecule has 0 saturated carbocycles. The van der Waals surface area contributed by atoms with E-state index >= 15 is 0 Å². The SMILES string of the molecule is CC(NC(=O)COC(=O)/C=C/c1nc2ccccc2o1)c1ccc(Cl)cc1Cl. The number of rotatable bonds is 6. The Bertz CT molecular complexity index is 1010. The van der Waals surface area contributed by atoms with E-state index in [2.05, 4.69) is 10.3 Å². The molecule has 1 heterocycles. The monoisotopic (exact) mass is 418 g/mol. The molecular formula is C20H16Cl2N2O4. The summed E-state index contributed by atoms with van der Waals surface area (Å²) in [5.74, 6) is -0.870. The van der Waals surface area contributed by atoms with Crippen LogP contribution in [0.3, 0.4) is 0 Å². The normalized spacial score (nSPS) is 12.2. The van der Waals surface area contributed by atoms with Crippen LogP contribution in [-0.2, 0) is 14.3 Å². The van der Waals surface area contributed by atoms with E-state index in [-0.39, 0.29) is 11.9 Å². The Hall–Kier alpha value is -2.83. The van der Waals surface area contributed by atoms with E-state index < -0.39 is 18.5 Å². The molecule has 28 heavy (non-hydrogen) atoms. The second-order valence-electron chi connectivity index (χ2n) is 5.92. The first-order valence-corrected chi connectivity index (χ1v) is 9.12. The van der Waals surface area contributed by atoms with Gasteiger partial charge in [0, 0.05) is 22.2 Å². The second-order valence-corrected chi connectivity index (χ2v) is 6.76. The second kappa shape index (κ2) is 8.91. The van der Waals surface area contributed by atoms with Crippen molar-refractivity contribution in [2.45, 2.75) is 13.0 Å². The number of oxazole rings is 1. The van der Waals surface area contributed by atoms with Crippen LogP contribution in [0.2, 0.25) is 10.0 Å². The van der Waals surface area contributed by atoms with Gasteiger partial charge >= 0.3 is 5.97 Å². The zero-order valence-electron chi connectivity index (χ0n) is 14.8. The van der Waals surface area contributed by atoms with Crippen LogP contribution in [0.25, 0.3) is 17.2 Å². The maximum atomic E-state index is 12.0. The van der Waals surface area contributed by atoms with Gasteiger partial charge in [-0.15, -0.1) is 0 Å². The highest BCUT2D eigenvalue weighted by Gasteiger charge is 2.14. The van der Waals surface area contributed by atoms with E-state index in [1.165, 1.54) is 6.08 Å². The van der Waals surface area contributed by atoms with Gasteiger partial charge in [0.25, 0.3) is 5.91 Å². The molecule has 1 atom stereocenters. The Morgan fingerprint density at radius 2 is 2.04 bits per heavy atom. The average molecular weight is 419 g/mol. The maximum Gasteiger partial charge on any atom is 0.331 e. The van der Waals surface area contributed by atoms with Crippen molar-refractivity contribution in [2.24, 2.45) is 0 Å². The number of ether oxygens (including phenoxy) is 1. The molecule has 3 rings (SSSR count). The van der Waals surface area contributed by atoms with E-state index in [1.54, 1.807) is 37.3 Å². The molecule has 0 radical (unpaired) electrons. The number of esters is 1. The van der Waals surface area contributed by atoms with Gasteiger partial charge in [-0.3, -0.25) is 4.79 Å². The number of hydrogen-bond donors (Lipinski definition) is 1. The van der Waals surface area contributed by atoms with E-state index in [9.17, 15) is 9.59 Å². The van der Waals surface area contributed by atoms with Gasteiger partial charge in [0.1, 0.15) is 5.52 Å². The zero-order chi connectivity index (χ0) is 20.1. The number of nitrogens with zero attached hydrogens (tertiary/aromatic N) is 1. The average Bonchev–Trinajstić information content (AvgIpc) is 3.07. The first-order chi connectivity index (χ1) is 13.4. The summed E-state index contributed by atoms with van der Waals surface area (Å²) in [5, 5.41) is 3.65. The zero-order valence-corrected chi connectivity index (χ0v) is 16.3. The molecule has 0 fully saturated rings. The number of nitrogens with one attached hydrogen (secondary N) is 1. The Balaban J connectivity index is 1.50. The number of halogens is 2. The predicted octanol–water partition coefficient (Wildman–Crippen LogP) is 4.57. The summed E-state index contributed by atoms with van der Waals surface area (Å²) in [5.41, 5.74) is 2.01. The van der Waals surface area contributed by atoms with Gasteiger partial charge in [-0.05, 0) is 36.8 Å². The van der Waals surface area contributed by atoms with Crippen LogP contribution in [0.5, 0.6) is 0 Å². The van der Waals surface area contributed by atoms with Crippen LogP contribution in [0.1, 0.15) is 24.4 Å². The summed E-state index contributed by atoms with van der Waals surface area (Å²) in [7, 11) is 0. The van der Waals surface area contributed by atoms with Crippen LogP contribution in [0, 0.1) is 0 Å². The summed E-state index contributed by atoms with van der Waals surface area (Å²) < 4.78 is 10.4. The van der Waals surface area contributed by atoms with Crippen LogP contribution in [-0.4, -0.2) is 23.5 Å². The molecule has 1 unspecified atom stereocenters. The van der Waals surface area contributed by atoms with Crippen molar-refractivity contribution >= 4 is 52.3 Å². The number of carbonyl (C=O) groups is 2. The lowest BCUT2D eigenvalue weighted by Crippen LogP contribution is -2.31. The molecule has 1 amide bonds. The molecule has 0 aliphatic carbocycles. The number of benzene rings is 2. The van der Waals surface area contributed by atoms with E-state index in [1.807, 2.05) is 12.1 Å². The highest BCUT2D eigenvalue weighted by atomic mass is 35.5. The maximum absolute atomic E-state index is 12.0. The smallest absolute Gasteiger partial charge is 0.331 e. The summed E-state index contributed by atoms with van der Waals surface area (Å²) in [6, 6.07) is 11.9. The van der Waals surface area contributed by atoms with Gasteiger partial charge in [0.2, 0.25) is 5.89 Å². The van der Waals surface area contributed by atoms with Crippen molar-refractivity contribution < 1.29 is 18.7 Å². The standard InChI is InChI=1S/C20H16Cl2N2O4/c1-12(14-7-6-13(21)10-15(14)22)23-18(25)11-27-20(26)9-8-19-24-16-4-2-3-5-17(16)28-19/h2-10,12H,11H2,1H3,(H,23,25)/b9-8+. The van der Waals surface area contributed by atoms with Gasteiger partial charge < -0.3 is 14.5 Å². The topological polar surface area (TPSA) is 81.4 Å². The van der Waals surface area contributed by atoms with Crippen molar-refractivity contribution in [3.63, 3.8) is 0 Å². The van der Waals surface area contributed by atoms with Crippen LogP contribution in [0.4, 0.5) is 0 Å². The van der Waals surface area contributed by atoms with Gasteiger partial charge in [0.15, 0.2) is 12.2 Å². The van der Waals surface area contributed by atoms with Gasteiger partial charge in [-0.25, -0.2) is 9.78 Å². The molecule has 0 spiro atoms. The molecule has 8 heteroatoms. The Labute approximate surface area is 171 Å². The molecule has 6 nitrogen and oxygen atoms in total. The number of amides is 1. The molecule has 1 aromatic heterocycles. The summed E-state index contributed by atoms with van der Waals surface area (Å²) in [6.45, 7) is 1.34. The Morgan fingerprint density at radius 3 is 2.79 bits per heavy atom. The fourth-order valence-electron chi connectivity index (χ4n) is 2.50. The third-order valence-electron chi connectivity index (χ3n) is 3.82. The highest BCUT2D eigenvalue weighted by Crippen LogP contribution is 2.26. The summed E-state index contributed by atoms with van der Waals surface area (Å²) >= 11 is 12.0.